The summed E-state index contributed by atoms with van der Waals surface area (Å²) >= 11 is 0. The molecule has 17 heavy (non-hydrogen) atoms. The van der Waals surface area contributed by atoms with Gasteiger partial charge in [-0.25, -0.2) is 9.97 Å². The molecule has 1 aromatic heterocycles. The number of hydrogen-bond acceptors (Lipinski definition) is 5. The fraction of sp³-hybridized carbons (Fsp3) is 0.667. The molecule has 0 aromatic carbocycles. The fourth-order valence-corrected chi connectivity index (χ4v) is 2.42. The van der Waals surface area contributed by atoms with Crippen LogP contribution in [0.4, 0.5) is 11.6 Å². The van der Waals surface area contributed by atoms with Gasteiger partial charge in [0.15, 0.2) is 0 Å². The number of nitrogens with zero attached hydrogens (tertiary/aromatic N) is 4. The number of hydrogen-bond donors (Lipinski definition) is 0. The molecular weight excluding hydrogens is 216 g/mol. The Morgan fingerprint density at radius 2 is 1.47 bits per heavy atom. The standard InChI is InChI=1S/C12H18N4O/c1-2-4-15(3-1)11-9-12(14-10-13-11)16-5-7-17-8-6-16/h9-10H,1-8H2. The largest absolute Gasteiger partial charge is 0.378 e. The molecule has 2 saturated heterocycles. The molecule has 0 amide bonds. The number of ether oxygens (including phenoxy) is 1. The molecule has 0 bridgehead atoms. The minimum atomic E-state index is 0.795. The molecule has 0 N–H and O–H groups in total. The van der Waals surface area contributed by atoms with E-state index in [9.17, 15) is 0 Å². The highest BCUT2D eigenvalue weighted by Crippen LogP contribution is 2.21. The summed E-state index contributed by atoms with van der Waals surface area (Å²) < 4.78 is 5.36. The maximum atomic E-state index is 5.36. The van der Waals surface area contributed by atoms with Gasteiger partial charge in [-0.3, -0.25) is 0 Å². The molecule has 0 radical (unpaired) electrons. The van der Waals surface area contributed by atoms with Crippen LogP contribution in [0.25, 0.3) is 0 Å². The summed E-state index contributed by atoms with van der Waals surface area (Å²) in [5, 5.41) is 0. The Hall–Kier alpha value is -1.36. The van der Waals surface area contributed by atoms with Gasteiger partial charge < -0.3 is 14.5 Å². The first-order chi connectivity index (χ1) is 8.43. The van der Waals surface area contributed by atoms with Gasteiger partial charge in [-0.15, -0.1) is 0 Å². The van der Waals surface area contributed by atoms with Gasteiger partial charge in [0, 0.05) is 32.2 Å². The van der Waals surface area contributed by atoms with Crippen LogP contribution >= 0.6 is 0 Å². The van der Waals surface area contributed by atoms with Crippen LogP contribution < -0.4 is 9.80 Å². The van der Waals surface area contributed by atoms with Gasteiger partial charge in [-0.05, 0) is 12.8 Å². The van der Waals surface area contributed by atoms with Gasteiger partial charge in [0.05, 0.1) is 13.2 Å². The SMILES string of the molecule is c1nc(N2CCCC2)cc(N2CCOCC2)n1. The molecule has 92 valence electrons. The Labute approximate surface area is 101 Å². The summed E-state index contributed by atoms with van der Waals surface area (Å²) in [7, 11) is 0. The van der Waals surface area contributed by atoms with Crippen molar-refractivity contribution in [1.29, 1.82) is 0 Å². The molecule has 3 rings (SSSR count). The summed E-state index contributed by atoms with van der Waals surface area (Å²) in [6, 6.07) is 2.11. The van der Waals surface area contributed by atoms with Crippen LogP contribution in [-0.2, 0) is 4.74 Å². The highest BCUT2D eigenvalue weighted by molar-refractivity contribution is 5.50. The second kappa shape index (κ2) is 4.87. The average molecular weight is 234 g/mol. The Kier molecular flexibility index (Phi) is 3.09. The lowest BCUT2D eigenvalue weighted by Gasteiger charge is -2.28. The molecule has 0 unspecified atom stereocenters. The van der Waals surface area contributed by atoms with Crippen molar-refractivity contribution < 1.29 is 4.74 Å². The predicted octanol–water partition coefficient (Wildman–Crippen LogP) is 0.913. The third-order valence-electron chi connectivity index (χ3n) is 3.40. The normalized spacial score (nSPS) is 20.9. The molecule has 0 saturated carbocycles. The first kappa shape index (κ1) is 10.8. The second-order valence-corrected chi connectivity index (χ2v) is 4.53. The van der Waals surface area contributed by atoms with Gasteiger partial charge >= 0.3 is 0 Å². The average Bonchev–Trinajstić information content (AvgIpc) is 2.94. The first-order valence-electron chi connectivity index (χ1n) is 6.33. The Morgan fingerprint density at radius 3 is 2.12 bits per heavy atom. The molecule has 2 aliphatic rings. The number of anilines is 2. The van der Waals surface area contributed by atoms with Crippen LogP contribution in [-0.4, -0.2) is 49.4 Å². The van der Waals surface area contributed by atoms with Crippen LogP contribution in [0.5, 0.6) is 0 Å². The van der Waals surface area contributed by atoms with Crippen LogP contribution in [0, 0.1) is 0 Å². The molecule has 5 nitrogen and oxygen atoms in total. The van der Waals surface area contributed by atoms with Crippen LogP contribution in [0.2, 0.25) is 0 Å². The predicted molar refractivity (Wildman–Crippen MR) is 66.5 cm³/mol. The van der Waals surface area contributed by atoms with Crippen molar-refractivity contribution in [3.8, 4) is 0 Å². The van der Waals surface area contributed by atoms with Gasteiger partial charge in [0.25, 0.3) is 0 Å². The molecule has 1 aromatic rings. The van der Waals surface area contributed by atoms with E-state index in [0.717, 1.165) is 51.0 Å². The van der Waals surface area contributed by atoms with Crippen molar-refractivity contribution in [2.75, 3.05) is 49.2 Å². The van der Waals surface area contributed by atoms with Crippen LogP contribution in [0.1, 0.15) is 12.8 Å². The summed E-state index contributed by atoms with van der Waals surface area (Å²) in [6.45, 7) is 5.69. The van der Waals surface area contributed by atoms with Crippen molar-refractivity contribution in [3.05, 3.63) is 12.4 Å². The van der Waals surface area contributed by atoms with Crippen LogP contribution in [0.3, 0.4) is 0 Å². The molecule has 0 atom stereocenters. The molecule has 2 fully saturated rings. The molecule has 2 aliphatic heterocycles. The number of rotatable bonds is 2. The summed E-state index contributed by atoms with van der Waals surface area (Å²) in [4.78, 5) is 13.3. The monoisotopic (exact) mass is 234 g/mol. The zero-order valence-corrected chi connectivity index (χ0v) is 10.0. The van der Waals surface area contributed by atoms with Crippen molar-refractivity contribution in [3.63, 3.8) is 0 Å². The molecule has 3 heterocycles. The highest BCUT2D eigenvalue weighted by atomic mass is 16.5. The van der Waals surface area contributed by atoms with Gasteiger partial charge in [0.1, 0.15) is 18.0 Å². The first-order valence-corrected chi connectivity index (χ1v) is 6.33. The van der Waals surface area contributed by atoms with E-state index in [0.29, 0.717) is 0 Å². The van der Waals surface area contributed by atoms with E-state index in [1.807, 2.05) is 0 Å². The molecular formula is C12H18N4O. The molecule has 5 heteroatoms. The third kappa shape index (κ3) is 2.34. The lowest BCUT2D eigenvalue weighted by Crippen LogP contribution is -2.37. The van der Waals surface area contributed by atoms with Gasteiger partial charge in [-0.1, -0.05) is 0 Å². The maximum absolute atomic E-state index is 5.36. The van der Waals surface area contributed by atoms with Crippen molar-refractivity contribution >= 4 is 11.6 Å². The second-order valence-electron chi connectivity index (χ2n) is 4.53. The third-order valence-corrected chi connectivity index (χ3v) is 3.40. The quantitative estimate of drug-likeness (QED) is 0.761. The lowest BCUT2D eigenvalue weighted by molar-refractivity contribution is 0.122. The summed E-state index contributed by atoms with van der Waals surface area (Å²) in [5.74, 6) is 2.10. The smallest absolute Gasteiger partial charge is 0.134 e. The Balaban J connectivity index is 1.77. The van der Waals surface area contributed by atoms with E-state index in [-0.39, 0.29) is 0 Å². The van der Waals surface area contributed by atoms with Gasteiger partial charge in [-0.2, -0.15) is 0 Å². The van der Waals surface area contributed by atoms with E-state index in [1.165, 1.54) is 12.8 Å². The zero-order chi connectivity index (χ0) is 11.5. The highest BCUT2D eigenvalue weighted by Gasteiger charge is 2.17. The summed E-state index contributed by atoms with van der Waals surface area (Å²) in [6.07, 6.45) is 4.23. The lowest BCUT2D eigenvalue weighted by atomic mass is 10.4. The summed E-state index contributed by atoms with van der Waals surface area (Å²) in [5.41, 5.74) is 0. The van der Waals surface area contributed by atoms with Crippen LogP contribution in [0.15, 0.2) is 12.4 Å². The van der Waals surface area contributed by atoms with Gasteiger partial charge in [0.2, 0.25) is 0 Å². The van der Waals surface area contributed by atoms with E-state index >= 15 is 0 Å². The maximum Gasteiger partial charge on any atom is 0.134 e. The Morgan fingerprint density at radius 1 is 0.882 bits per heavy atom. The molecule has 0 spiro atoms. The zero-order valence-electron chi connectivity index (χ0n) is 10.0. The minimum Gasteiger partial charge on any atom is -0.378 e. The van der Waals surface area contributed by atoms with E-state index in [2.05, 4.69) is 25.8 Å². The van der Waals surface area contributed by atoms with E-state index in [4.69, 9.17) is 4.74 Å². The van der Waals surface area contributed by atoms with E-state index in [1.54, 1.807) is 6.33 Å². The fourth-order valence-electron chi connectivity index (χ4n) is 2.42. The van der Waals surface area contributed by atoms with Crippen molar-refractivity contribution in [2.24, 2.45) is 0 Å². The van der Waals surface area contributed by atoms with Crippen molar-refractivity contribution in [1.82, 2.24) is 9.97 Å². The number of morpholine rings is 1. The number of aromatic nitrogens is 2. The van der Waals surface area contributed by atoms with Crippen molar-refractivity contribution in [2.45, 2.75) is 12.8 Å². The molecule has 0 aliphatic carbocycles. The Bertz CT molecular complexity index is 373. The van der Waals surface area contributed by atoms with E-state index < -0.39 is 0 Å². The minimum absolute atomic E-state index is 0.795. The topological polar surface area (TPSA) is 41.5 Å².